The summed E-state index contributed by atoms with van der Waals surface area (Å²) in [4.78, 5) is 0. The largest absolute Gasteiger partial charge is 0.497 e. The summed E-state index contributed by atoms with van der Waals surface area (Å²) < 4.78 is 12.6. The second-order valence-corrected chi connectivity index (χ2v) is 5.77. The van der Waals surface area contributed by atoms with Gasteiger partial charge in [0.25, 0.3) is 0 Å². The van der Waals surface area contributed by atoms with Gasteiger partial charge in [0.15, 0.2) is 5.82 Å². The van der Waals surface area contributed by atoms with E-state index in [-0.39, 0.29) is 0 Å². The first-order valence-electron chi connectivity index (χ1n) is 7.63. The molecular formula is C18H18N4O2S. The van der Waals surface area contributed by atoms with Crippen molar-refractivity contribution in [1.82, 2.24) is 14.9 Å². The van der Waals surface area contributed by atoms with Crippen molar-refractivity contribution in [1.29, 1.82) is 0 Å². The number of aromatic amines is 1. The molecule has 0 aliphatic rings. The number of aromatic nitrogens is 3. The number of nitrogens with zero attached hydrogens (tertiary/aromatic N) is 3. The van der Waals surface area contributed by atoms with E-state index < -0.39 is 0 Å². The molecule has 0 radical (unpaired) electrons. The molecule has 0 fully saturated rings. The van der Waals surface area contributed by atoms with E-state index >= 15 is 0 Å². The molecule has 2 aromatic carbocycles. The Labute approximate surface area is 150 Å². The maximum absolute atomic E-state index is 5.39. The Bertz CT molecular complexity index is 975. The number of nitrogens with one attached hydrogen (secondary N) is 1. The zero-order valence-electron chi connectivity index (χ0n) is 14.2. The summed E-state index contributed by atoms with van der Waals surface area (Å²) in [6, 6.07) is 13.5. The molecule has 0 unspecified atom stereocenters. The molecule has 0 atom stereocenters. The standard InChI is InChI=1S/C18H18N4O2S/c1-12-5-4-6-13(9-12)17-20-21-18(25)22(17)19-11-14-7-8-15(23-2)10-16(14)24-3/h4-11H,1-3H3,(H,21,25)/b19-11-. The van der Waals surface area contributed by atoms with Gasteiger partial charge < -0.3 is 9.47 Å². The van der Waals surface area contributed by atoms with E-state index in [2.05, 4.69) is 15.3 Å². The number of benzene rings is 2. The highest BCUT2D eigenvalue weighted by molar-refractivity contribution is 7.71. The van der Waals surface area contributed by atoms with Crippen LogP contribution in [-0.4, -0.2) is 35.3 Å². The lowest BCUT2D eigenvalue weighted by Crippen LogP contribution is -1.97. The fraction of sp³-hybridized carbons (Fsp3) is 0.167. The minimum atomic E-state index is 0.417. The first kappa shape index (κ1) is 16.9. The van der Waals surface area contributed by atoms with Gasteiger partial charge in [-0.2, -0.15) is 14.9 Å². The van der Waals surface area contributed by atoms with E-state index in [1.807, 2.05) is 43.3 Å². The van der Waals surface area contributed by atoms with Gasteiger partial charge in [-0.1, -0.05) is 23.8 Å². The van der Waals surface area contributed by atoms with Crippen molar-refractivity contribution < 1.29 is 9.47 Å². The zero-order chi connectivity index (χ0) is 17.8. The fourth-order valence-corrected chi connectivity index (χ4v) is 2.59. The minimum Gasteiger partial charge on any atom is -0.497 e. The second-order valence-electron chi connectivity index (χ2n) is 5.39. The quantitative estimate of drug-likeness (QED) is 0.559. The number of rotatable bonds is 5. The summed E-state index contributed by atoms with van der Waals surface area (Å²) in [7, 11) is 3.22. The zero-order valence-corrected chi connectivity index (χ0v) is 15.0. The van der Waals surface area contributed by atoms with Crippen molar-refractivity contribution in [2.45, 2.75) is 6.92 Å². The van der Waals surface area contributed by atoms with Gasteiger partial charge in [0, 0.05) is 17.2 Å². The van der Waals surface area contributed by atoms with Gasteiger partial charge in [0.1, 0.15) is 11.5 Å². The molecule has 0 amide bonds. The number of hydrogen-bond acceptors (Lipinski definition) is 5. The number of hydrogen-bond donors (Lipinski definition) is 1. The monoisotopic (exact) mass is 354 g/mol. The first-order chi connectivity index (χ1) is 12.1. The molecule has 3 rings (SSSR count). The van der Waals surface area contributed by atoms with Crippen LogP contribution in [0.5, 0.6) is 11.5 Å². The summed E-state index contributed by atoms with van der Waals surface area (Å²) in [6.07, 6.45) is 1.68. The normalized spacial score (nSPS) is 11.0. The second kappa shape index (κ2) is 7.31. The Hall–Kier alpha value is -2.93. The molecule has 0 bridgehead atoms. The third-order valence-corrected chi connectivity index (χ3v) is 3.94. The lowest BCUT2D eigenvalue weighted by atomic mass is 10.1. The van der Waals surface area contributed by atoms with Gasteiger partial charge in [0.05, 0.1) is 20.4 Å². The van der Waals surface area contributed by atoms with E-state index in [9.17, 15) is 0 Å². The fourth-order valence-electron chi connectivity index (χ4n) is 2.41. The Morgan fingerprint density at radius 3 is 2.72 bits per heavy atom. The summed E-state index contributed by atoms with van der Waals surface area (Å²) in [6.45, 7) is 2.03. The summed E-state index contributed by atoms with van der Waals surface area (Å²) in [5.41, 5.74) is 2.88. The molecule has 0 aliphatic heterocycles. The predicted molar refractivity (Wildman–Crippen MR) is 100 cm³/mol. The van der Waals surface area contributed by atoms with Gasteiger partial charge in [-0.3, -0.25) is 0 Å². The van der Waals surface area contributed by atoms with Gasteiger partial charge in [-0.05, 0) is 37.3 Å². The average molecular weight is 354 g/mol. The van der Waals surface area contributed by atoms with Crippen LogP contribution >= 0.6 is 12.2 Å². The molecule has 3 aromatic rings. The van der Waals surface area contributed by atoms with E-state index in [0.29, 0.717) is 16.3 Å². The van der Waals surface area contributed by atoms with Crippen molar-refractivity contribution in [3.05, 3.63) is 58.4 Å². The summed E-state index contributed by atoms with van der Waals surface area (Å²) in [5.74, 6) is 2.03. The Kier molecular flexibility index (Phi) is 4.95. The van der Waals surface area contributed by atoms with Crippen molar-refractivity contribution in [2.75, 3.05) is 14.2 Å². The molecule has 7 heteroatoms. The van der Waals surface area contributed by atoms with E-state index in [4.69, 9.17) is 21.7 Å². The van der Waals surface area contributed by atoms with Gasteiger partial charge >= 0.3 is 0 Å². The molecule has 6 nitrogen and oxygen atoms in total. The van der Waals surface area contributed by atoms with Crippen LogP contribution in [0.3, 0.4) is 0 Å². The third-order valence-electron chi connectivity index (χ3n) is 3.68. The maximum Gasteiger partial charge on any atom is 0.216 e. The van der Waals surface area contributed by atoms with Crippen molar-refractivity contribution >= 4 is 18.4 Å². The summed E-state index contributed by atoms with van der Waals surface area (Å²) in [5, 5.41) is 11.6. The molecule has 0 saturated carbocycles. The van der Waals surface area contributed by atoms with Crippen molar-refractivity contribution in [3.8, 4) is 22.9 Å². The number of methoxy groups -OCH3 is 2. The first-order valence-corrected chi connectivity index (χ1v) is 8.04. The predicted octanol–water partition coefficient (Wildman–Crippen LogP) is 3.82. The van der Waals surface area contributed by atoms with Crippen LogP contribution in [0.1, 0.15) is 11.1 Å². The summed E-state index contributed by atoms with van der Waals surface area (Å²) >= 11 is 5.30. The van der Waals surface area contributed by atoms with E-state index in [1.54, 1.807) is 31.2 Å². The van der Waals surface area contributed by atoms with Crippen molar-refractivity contribution in [3.63, 3.8) is 0 Å². The van der Waals surface area contributed by atoms with Crippen LogP contribution in [0.2, 0.25) is 0 Å². The SMILES string of the molecule is COc1ccc(/C=N\n2c(-c3cccc(C)c3)n[nH]c2=S)c(OC)c1. The molecule has 1 heterocycles. The van der Waals surface area contributed by atoms with Gasteiger partial charge in [0.2, 0.25) is 4.77 Å². The maximum atomic E-state index is 5.39. The molecule has 0 saturated heterocycles. The Morgan fingerprint density at radius 2 is 2.00 bits per heavy atom. The minimum absolute atomic E-state index is 0.417. The van der Waals surface area contributed by atoms with E-state index in [1.165, 1.54) is 0 Å². The lowest BCUT2D eigenvalue weighted by molar-refractivity contribution is 0.394. The van der Waals surface area contributed by atoms with Gasteiger partial charge in [-0.15, -0.1) is 0 Å². The number of H-pyrrole nitrogens is 1. The van der Waals surface area contributed by atoms with Crippen LogP contribution in [0.4, 0.5) is 0 Å². The molecule has 1 N–H and O–H groups in total. The molecule has 25 heavy (non-hydrogen) atoms. The van der Waals surface area contributed by atoms with Gasteiger partial charge in [-0.25, -0.2) is 5.10 Å². The number of ether oxygens (including phenoxy) is 2. The Balaban J connectivity index is 2.00. The molecule has 0 aliphatic carbocycles. The van der Waals surface area contributed by atoms with Crippen LogP contribution in [0.15, 0.2) is 47.6 Å². The topological polar surface area (TPSA) is 64.4 Å². The van der Waals surface area contributed by atoms with Crippen LogP contribution in [-0.2, 0) is 0 Å². The molecular weight excluding hydrogens is 336 g/mol. The third kappa shape index (κ3) is 3.61. The Morgan fingerprint density at radius 1 is 1.16 bits per heavy atom. The highest BCUT2D eigenvalue weighted by atomic mass is 32.1. The highest BCUT2D eigenvalue weighted by Gasteiger charge is 2.09. The molecule has 1 aromatic heterocycles. The smallest absolute Gasteiger partial charge is 0.216 e. The number of aryl methyl sites for hydroxylation is 1. The van der Waals surface area contributed by atoms with E-state index in [0.717, 1.165) is 22.4 Å². The lowest BCUT2D eigenvalue weighted by Gasteiger charge is -2.07. The van der Waals surface area contributed by atoms with Crippen LogP contribution in [0, 0.1) is 11.7 Å². The van der Waals surface area contributed by atoms with Crippen LogP contribution < -0.4 is 9.47 Å². The molecule has 0 spiro atoms. The average Bonchev–Trinajstić information content (AvgIpc) is 3.00. The van der Waals surface area contributed by atoms with Crippen molar-refractivity contribution in [2.24, 2.45) is 5.10 Å². The molecule has 128 valence electrons. The van der Waals surface area contributed by atoms with Crippen LogP contribution in [0.25, 0.3) is 11.4 Å². The highest BCUT2D eigenvalue weighted by Crippen LogP contribution is 2.24.